The van der Waals surface area contributed by atoms with Crippen molar-refractivity contribution >= 4 is 16.9 Å². The van der Waals surface area contributed by atoms with Gasteiger partial charge in [-0.15, -0.1) is 0 Å². The first-order valence-corrected chi connectivity index (χ1v) is 6.11. The molecule has 0 amide bonds. The number of ether oxygens (including phenoxy) is 1. The Bertz CT molecular complexity index is 692. The summed E-state index contributed by atoms with van der Waals surface area (Å²) in [6.07, 6.45) is -0.433. The van der Waals surface area contributed by atoms with Gasteiger partial charge in [0.2, 0.25) is 0 Å². The van der Waals surface area contributed by atoms with Crippen LogP contribution in [0, 0.1) is 11.3 Å². The fraction of sp³-hybridized carbons (Fsp3) is 0.417. The monoisotopic (exact) mass is 275 g/mol. The van der Waals surface area contributed by atoms with Crippen molar-refractivity contribution in [2.24, 2.45) is 0 Å². The lowest BCUT2D eigenvalue weighted by atomic mass is 10.2. The molecule has 0 bridgehead atoms. The number of nitrogens with two attached hydrogens (primary N) is 1. The molecule has 3 rings (SSSR count). The van der Waals surface area contributed by atoms with Gasteiger partial charge in [0.25, 0.3) is 0 Å². The van der Waals surface area contributed by atoms with E-state index in [-0.39, 0.29) is 18.8 Å². The molecule has 2 aromatic rings. The van der Waals surface area contributed by atoms with Crippen LogP contribution in [0.5, 0.6) is 0 Å². The minimum absolute atomic E-state index is 0.271. The first-order chi connectivity index (χ1) is 9.65. The average molecular weight is 275 g/mol. The van der Waals surface area contributed by atoms with E-state index >= 15 is 0 Å². The van der Waals surface area contributed by atoms with Gasteiger partial charge < -0.3 is 20.7 Å². The van der Waals surface area contributed by atoms with Gasteiger partial charge in [0, 0.05) is 6.42 Å². The normalized spacial score (nSPS) is 25.9. The highest BCUT2D eigenvalue weighted by atomic mass is 16.5. The van der Waals surface area contributed by atoms with Crippen LogP contribution in [0.2, 0.25) is 0 Å². The summed E-state index contributed by atoms with van der Waals surface area (Å²) in [5.41, 5.74) is 6.57. The second-order valence-corrected chi connectivity index (χ2v) is 4.62. The van der Waals surface area contributed by atoms with Crippen LogP contribution < -0.4 is 5.73 Å². The molecule has 3 atom stereocenters. The summed E-state index contributed by atoms with van der Waals surface area (Å²) < 4.78 is 7.14. The molecule has 0 aromatic carbocycles. The Morgan fingerprint density at radius 2 is 2.35 bits per heavy atom. The van der Waals surface area contributed by atoms with Crippen molar-refractivity contribution in [3.63, 3.8) is 0 Å². The molecular formula is C12H13N5O3. The first kappa shape index (κ1) is 12.8. The molecule has 104 valence electrons. The van der Waals surface area contributed by atoms with Gasteiger partial charge in [-0.1, -0.05) is 0 Å². The summed E-state index contributed by atoms with van der Waals surface area (Å²) in [7, 11) is 0. The third-order valence-corrected chi connectivity index (χ3v) is 3.45. The Hall–Kier alpha value is -2.21. The molecule has 1 saturated heterocycles. The van der Waals surface area contributed by atoms with Crippen molar-refractivity contribution in [1.29, 1.82) is 5.26 Å². The number of aromatic nitrogens is 3. The van der Waals surface area contributed by atoms with Crippen LogP contribution in [0.4, 0.5) is 5.82 Å². The summed E-state index contributed by atoms with van der Waals surface area (Å²) in [6.45, 7) is -0.282. The lowest BCUT2D eigenvalue weighted by Crippen LogP contribution is -2.24. The Morgan fingerprint density at radius 1 is 1.55 bits per heavy atom. The number of fused-ring (bicyclic) bond motifs is 1. The van der Waals surface area contributed by atoms with Gasteiger partial charge in [0.1, 0.15) is 41.9 Å². The highest BCUT2D eigenvalue weighted by molar-refractivity contribution is 5.87. The van der Waals surface area contributed by atoms with E-state index in [0.29, 0.717) is 16.7 Å². The number of aliphatic hydroxyl groups is 2. The zero-order chi connectivity index (χ0) is 14.3. The highest BCUT2D eigenvalue weighted by Gasteiger charge is 2.36. The number of anilines is 1. The standard InChI is InChI=1S/C12H13N5O3/c13-3-6-1-7-11(14)15-5-16-12(7)17(6)10-2-8(19)9(4-18)20-10/h1,5,8-10,18-19H,2,4H2,(H2,14,15,16)/t8-,9+,10+/m0/s1. The molecule has 20 heavy (non-hydrogen) atoms. The Morgan fingerprint density at radius 3 is 3.00 bits per heavy atom. The van der Waals surface area contributed by atoms with Crippen LogP contribution in [-0.2, 0) is 4.74 Å². The van der Waals surface area contributed by atoms with Crippen molar-refractivity contribution in [2.75, 3.05) is 12.3 Å². The molecule has 0 unspecified atom stereocenters. The molecule has 3 heterocycles. The van der Waals surface area contributed by atoms with E-state index in [0.717, 1.165) is 0 Å². The molecule has 0 spiro atoms. The zero-order valence-electron chi connectivity index (χ0n) is 10.5. The lowest BCUT2D eigenvalue weighted by Gasteiger charge is -2.15. The van der Waals surface area contributed by atoms with E-state index in [1.165, 1.54) is 6.33 Å². The molecule has 8 nitrogen and oxygen atoms in total. The molecule has 1 fully saturated rings. The molecule has 8 heteroatoms. The van der Waals surface area contributed by atoms with Gasteiger partial charge in [0.05, 0.1) is 18.1 Å². The molecule has 0 radical (unpaired) electrons. The maximum atomic E-state index is 9.81. The lowest BCUT2D eigenvalue weighted by molar-refractivity contribution is -0.0432. The van der Waals surface area contributed by atoms with Gasteiger partial charge >= 0.3 is 0 Å². The Labute approximate surface area is 114 Å². The van der Waals surface area contributed by atoms with Crippen molar-refractivity contribution in [3.05, 3.63) is 18.1 Å². The van der Waals surface area contributed by atoms with E-state index in [4.69, 9.17) is 15.6 Å². The minimum Gasteiger partial charge on any atom is -0.394 e. The second kappa shape index (κ2) is 4.72. The van der Waals surface area contributed by atoms with Crippen LogP contribution in [0.15, 0.2) is 12.4 Å². The van der Waals surface area contributed by atoms with Crippen LogP contribution in [0.3, 0.4) is 0 Å². The largest absolute Gasteiger partial charge is 0.394 e. The van der Waals surface area contributed by atoms with Gasteiger partial charge in [-0.05, 0) is 6.07 Å². The third-order valence-electron chi connectivity index (χ3n) is 3.45. The summed E-state index contributed by atoms with van der Waals surface area (Å²) in [4.78, 5) is 8.01. The van der Waals surface area contributed by atoms with Gasteiger partial charge in [-0.2, -0.15) is 5.26 Å². The number of hydrogen-bond acceptors (Lipinski definition) is 7. The molecule has 0 saturated carbocycles. The van der Waals surface area contributed by atoms with Crippen molar-refractivity contribution < 1.29 is 14.9 Å². The summed E-state index contributed by atoms with van der Waals surface area (Å²) in [5, 5.41) is 28.7. The summed E-state index contributed by atoms with van der Waals surface area (Å²) in [6, 6.07) is 3.64. The van der Waals surface area contributed by atoms with E-state index < -0.39 is 18.4 Å². The molecule has 0 aliphatic carbocycles. The van der Waals surface area contributed by atoms with Crippen LogP contribution in [-0.4, -0.2) is 43.6 Å². The number of rotatable bonds is 2. The zero-order valence-corrected chi connectivity index (χ0v) is 10.5. The van der Waals surface area contributed by atoms with Gasteiger partial charge in [-0.25, -0.2) is 9.97 Å². The second-order valence-electron chi connectivity index (χ2n) is 4.62. The summed E-state index contributed by atoms with van der Waals surface area (Å²) in [5.74, 6) is 0.280. The van der Waals surface area contributed by atoms with E-state index in [1.807, 2.05) is 0 Å². The van der Waals surface area contributed by atoms with Crippen LogP contribution in [0.1, 0.15) is 18.3 Å². The quantitative estimate of drug-likeness (QED) is 0.675. The molecule has 2 aromatic heterocycles. The third kappa shape index (κ3) is 1.80. The van der Waals surface area contributed by atoms with Crippen molar-refractivity contribution in [1.82, 2.24) is 14.5 Å². The number of hydrogen-bond donors (Lipinski definition) is 3. The molecule has 4 N–H and O–H groups in total. The Balaban J connectivity index is 2.12. The number of nitriles is 1. The highest BCUT2D eigenvalue weighted by Crippen LogP contribution is 2.33. The molecular weight excluding hydrogens is 262 g/mol. The topological polar surface area (TPSA) is 130 Å². The number of nitrogen functional groups attached to an aromatic ring is 1. The van der Waals surface area contributed by atoms with Crippen molar-refractivity contribution in [2.45, 2.75) is 24.9 Å². The number of aliphatic hydroxyl groups excluding tert-OH is 2. The van der Waals surface area contributed by atoms with Crippen molar-refractivity contribution in [3.8, 4) is 6.07 Å². The fourth-order valence-electron chi connectivity index (χ4n) is 2.47. The van der Waals surface area contributed by atoms with E-state index in [1.54, 1.807) is 10.6 Å². The predicted octanol–water partition coefficient (Wildman–Crippen LogP) is -0.474. The fourth-order valence-corrected chi connectivity index (χ4v) is 2.47. The van der Waals surface area contributed by atoms with Gasteiger partial charge in [-0.3, -0.25) is 4.57 Å². The summed E-state index contributed by atoms with van der Waals surface area (Å²) >= 11 is 0. The van der Waals surface area contributed by atoms with Crippen LogP contribution >= 0.6 is 0 Å². The maximum Gasteiger partial charge on any atom is 0.148 e. The smallest absolute Gasteiger partial charge is 0.148 e. The number of nitrogens with zero attached hydrogens (tertiary/aromatic N) is 4. The molecule has 1 aliphatic rings. The molecule has 1 aliphatic heterocycles. The predicted molar refractivity (Wildman–Crippen MR) is 68.3 cm³/mol. The SMILES string of the molecule is N#Cc1cc2c(N)ncnc2n1[C@H]1C[C@H](O)[C@@H](CO)O1. The maximum absolute atomic E-state index is 9.81. The minimum atomic E-state index is -0.784. The average Bonchev–Trinajstić information content (AvgIpc) is 2.99. The van der Waals surface area contributed by atoms with Gasteiger partial charge in [0.15, 0.2) is 0 Å². The van der Waals surface area contributed by atoms with Crippen LogP contribution in [0.25, 0.3) is 11.0 Å². The van der Waals surface area contributed by atoms with E-state index in [2.05, 4.69) is 16.0 Å². The van der Waals surface area contributed by atoms with E-state index in [9.17, 15) is 10.4 Å². The first-order valence-electron chi connectivity index (χ1n) is 6.11. The Kier molecular flexibility index (Phi) is 3.02.